The largest absolute Gasteiger partial charge is 0.507 e. The zero-order valence-electron chi connectivity index (χ0n) is 17.8. The minimum absolute atomic E-state index is 0.0850. The smallest absolute Gasteiger partial charge is 0.252 e. The average molecular weight is 405 g/mol. The highest BCUT2D eigenvalue weighted by molar-refractivity contribution is 6.09. The summed E-state index contributed by atoms with van der Waals surface area (Å²) in [7, 11) is 0. The van der Waals surface area contributed by atoms with E-state index in [1.165, 1.54) is 0 Å². The summed E-state index contributed by atoms with van der Waals surface area (Å²) in [5, 5.41) is 13.8. The molecule has 0 spiro atoms. The van der Waals surface area contributed by atoms with Gasteiger partial charge < -0.3 is 15.2 Å². The summed E-state index contributed by atoms with van der Waals surface area (Å²) >= 11 is 0. The van der Waals surface area contributed by atoms with Crippen LogP contribution < -0.4 is 10.1 Å². The maximum absolute atomic E-state index is 14.0. The third-order valence-electron chi connectivity index (χ3n) is 6.34. The van der Waals surface area contributed by atoms with Crippen LogP contribution in [0.2, 0.25) is 0 Å². The second-order valence-electron chi connectivity index (χ2n) is 8.69. The molecule has 0 fully saturated rings. The Morgan fingerprint density at radius 2 is 2.07 bits per heavy atom. The van der Waals surface area contributed by atoms with Crippen molar-refractivity contribution in [1.29, 1.82) is 0 Å². The summed E-state index contributed by atoms with van der Waals surface area (Å²) in [5.41, 5.74) is 3.51. The Bertz CT molecular complexity index is 1070. The quantitative estimate of drug-likeness (QED) is 0.688. The first-order chi connectivity index (χ1) is 14.2. The van der Waals surface area contributed by atoms with Gasteiger partial charge in [0.1, 0.15) is 18.1 Å². The molecule has 0 saturated carbocycles. The van der Waals surface area contributed by atoms with Crippen LogP contribution in [0.25, 0.3) is 0 Å². The fourth-order valence-electron chi connectivity index (χ4n) is 4.48. The topological polar surface area (TPSA) is 75.6 Å². The number of fused-ring (bicyclic) bond motifs is 3. The Morgan fingerprint density at radius 1 is 1.30 bits per heavy atom. The molecule has 0 saturated heterocycles. The van der Waals surface area contributed by atoms with Gasteiger partial charge >= 0.3 is 0 Å². The van der Waals surface area contributed by atoms with Gasteiger partial charge in [-0.15, -0.1) is 0 Å². The monoisotopic (exact) mass is 405 g/mol. The number of carbonyl (C=O) groups excluding carboxylic acids is 2. The highest BCUT2D eigenvalue weighted by Gasteiger charge is 2.48. The zero-order chi connectivity index (χ0) is 21.6. The van der Waals surface area contributed by atoms with E-state index in [0.717, 1.165) is 16.7 Å². The average Bonchev–Trinajstić information content (AvgIpc) is 3.02. The summed E-state index contributed by atoms with van der Waals surface area (Å²) < 4.78 is 6.04. The number of allylic oxidation sites excluding steroid dienone is 5. The molecule has 2 atom stereocenters. The molecule has 5 heteroatoms. The molecule has 0 aromatic heterocycles. The summed E-state index contributed by atoms with van der Waals surface area (Å²) in [5.74, 6) is 0.0634. The van der Waals surface area contributed by atoms with E-state index >= 15 is 0 Å². The van der Waals surface area contributed by atoms with Gasteiger partial charge in [0.15, 0.2) is 5.78 Å². The van der Waals surface area contributed by atoms with Crippen molar-refractivity contribution in [2.45, 2.75) is 46.6 Å². The number of ether oxygens (including phenoxy) is 1. The number of ketones is 1. The van der Waals surface area contributed by atoms with Gasteiger partial charge in [0, 0.05) is 11.1 Å². The molecule has 2 N–H and O–H groups in total. The molecule has 2 heterocycles. The van der Waals surface area contributed by atoms with Crippen molar-refractivity contribution in [2.75, 3.05) is 6.61 Å². The van der Waals surface area contributed by atoms with E-state index in [2.05, 4.69) is 17.5 Å². The Kier molecular flexibility index (Phi) is 4.92. The number of rotatable bonds is 2. The molecule has 2 aliphatic heterocycles. The van der Waals surface area contributed by atoms with Crippen molar-refractivity contribution in [3.8, 4) is 5.75 Å². The van der Waals surface area contributed by atoms with Gasteiger partial charge in [-0.2, -0.15) is 0 Å². The lowest BCUT2D eigenvalue weighted by Gasteiger charge is -2.37. The molecule has 1 aliphatic carbocycles. The van der Waals surface area contributed by atoms with Gasteiger partial charge in [0.2, 0.25) is 0 Å². The SMILES string of the molecule is CC(C)=CCC12C/C=C(\C)COc3cccc4c3C(NC4=O)C(=C(O)C=C1C)C2=O. The van der Waals surface area contributed by atoms with Gasteiger partial charge in [0.25, 0.3) is 5.91 Å². The number of carbonyl (C=O) groups is 2. The molecule has 30 heavy (non-hydrogen) atoms. The fraction of sp³-hybridized carbons (Fsp3) is 0.360. The second kappa shape index (κ2) is 7.31. The summed E-state index contributed by atoms with van der Waals surface area (Å²) in [6.07, 6.45) is 6.86. The number of Topliss-reactive ketones (excluding diaryl/α,β-unsaturated/α-hetero) is 1. The molecule has 5 nitrogen and oxygen atoms in total. The zero-order valence-corrected chi connectivity index (χ0v) is 17.8. The highest BCUT2D eigenvalue weighted by atomic mass is 16.5. The minimum Gasteiger partial charge on any atom is -0.507 e. The summed E-state index contributed by atoms with van der Waals surface area (Å²) in [4.78, 5) is 26.7. The van der Waals surface area contributed by atoms with Crippen LogP contribution in [0.4, 0.5) is 0 Å². The Morgan fingerprint density at radius 3 is 2.80 bits per heavy atom. The van der Waals surface area contributed by atoms with Crippen molar-refractivity contribution >= 4 is 11.7 Å². The molecular formula is C25H27NO4. The number of benzene rings is 1. The fourth-order valence-corrected chi connectivity index (χ4v) is 4.48. The van der Waals surface area contributed by atoms with Crippen LogP contribution in [0, 0.1) is 5.41 Å². The molecule has 4 rings (SSSR count). The van der Waals surface area contributed by atoms with Gasteiger partial charge in [-0.05, 0) is 64.3 Å². The predicted octanol–water partition coefficient (Wildman–Crippen LogP) is 4.88. The molecule has 3 aliphatic rings. The first-order valence-corrected chi connectivity index (χ1v) is 10.3. The molecule has 1 aromatic rings. The van der Waals surface area contributed by atoms with Crippen molar-refractivity contribution in [3.05, 3.63) is 75.6 Å². The van der Waals surface area contributed by atoms with Gasteiger partial charge in [-0.25, -0.2) is 0 Å². The molecule has 156 valence electrons. The number of hydrogen-bond donors (Lipinski definition) is 2. The van der Waals surface area contributed by atoms with Crippen molar-refractivity contribution in [2.24, 2.45) is 5.41 Å². The Labute approximate surface area is 176 Å². The van der Waals surface area contributed by atoms with Crippen LogP contribution in [-0.4, -0.2) is 23.4 Å². The lowest BCUT2D eigenvalue weighted by Crippen LogP contribution is -2.39. The van der Waals surface area contributed by atoms with Crippen LogP contribution in [0.1, 0.15) is 62.5 Å². The van der Waals surface area contributed by atoms with Gasteiger partial charge in [0.05, 0.1) is 17.0 Å². The van der Waals surface area contributed by atoms with E-state index in [-0.39, 0.29) is 23.0 Å². The lowest BCUT2D eigenvalue weighted by atomic mass is 9.65. The molecule has 0 radical (unpaired) electrons. The number of hydrogen-bond acceptors (Lipinski definition) is 4. The molecule has 1 aromatic carbocycles. The lowest BCUT2D eigenvalue weighted by molar-refractivity contribution is -0.123. The van der Waals surface area contributed by atoms with Crippen LogP contribution >= 0.6 is 0 Å². The van der Waals surface area contributed by atoms with Crippen molar-refractivity contribution in [1.82, 2.24) is 5.32 Å². The van der Waals surface area contributed by atoms with Crippen LogP contribution in [0.15, 0.2) is 64.5 Å². The van der Waals surface area contributed by atoms with Gasteiger partial charge in [-0.1, -0.05) is 29.4 Å². The second-order valence-corrected chi connectivity index (χ2v) is 8.69. The highest BCUT2D eigenvalue weighted by Crippen LogP contribution is 2.49. The number of nitrogens with one attached hydrogen (secondary N) is 1. The van der Waals surface area contributed by atoms with E-state index in [0.29, 0.717) is 36.3 Å². The number of aliphatic hydroxyl groups excluding tert-OH is 1. The maximum atomic E-state index is 14.0. The molecule has 2 bridgehead atoms. The van der Waals surface area contributed by atoms with E-state index < -0.39 is 11.5 Å². The Hall–Kier alpha value is -3.08. The third kappa shape index (κ3) is 3.09. The number of amides is 1. The maximum Gasteiger partial charge on any atom is 0.252 e. The molecule has 1 amide bonds. The summed E-state index contributed by atoms with van der Waals surface area (Å²) in [6.45, 7) is 8.28. The predicted molar refractivity (Wildman–Crippen MR) is 115 cm³/mol. The number of aliphatic hydroxyl groups is 1. The first kappa shape index (κ1) is 20.2. The van der Waals surface area contributed by atoms with E-state index in [1.807, 2.05) is 27.7 Å². The van der Waals surface area contributed by atoms with Crippen LogP contribution in [0.5, 0.6) is 5.75 Å². The minimum atomic E-state index is -0.799. The van der Waals surface area contributed by atoms with Crippen LogP contribution in [0.3, 0.4) is 0 Å². The molecular weight excluding hydrogens is 378 g/mol. The van der Waals surface area contributed by atoms with E-state index in [4.69, 9.17) is 4.74 Å². The Balaban J connectivity index is 1.97. The normalized spacial score (nSPS) is 27.1. The summed E-state index contributed by atoms with van der Waals surface area (Å²) in [6, 6.07) is 4.57. The molecule has 2 unspecified atom stereocenters. The van der Waals surface area contributed by atoms with Gasteiger partial charge in [-0.3, -0.25) is 9.59 Å². The first-order valence-electron chi connectivity index (χ1n) is 10.3. The third-order valence-corrected chi connectivity index (χ3v) is 6.34. The standard InChI is InChI=1S/C25H27NO4/c1-14(2)8-10-25-11-9-15(3)13-30-19-7-5-6-17-20(19)22(26-24(17)29)21(23(25)28)18(27)12-16(25)4/h5-9,12,22,27H,10-11,13H2,1-4H3,(H,26,29)/b15-9+. The van der Waals surface area contributed by atoms with E-state index in [9.17, 15) is 14.7 Å². The van der Waals surface area contributed by atoms with Crippen LogP contribution in [-0.2, 0) is 4.79 Å². The van der Waals surface area contributed by atoms with Crippen molar-refractivity contribution < 1.29 is 19.4 Å². The van der Waals surface area contributed by atoms with Crippen molar-refractivity contribution in [3.63, 3.8) is 0 Å². The van der Waals surface area contributed by atoms with E-state index in [1.54, 1.807) is 24.3 Å².